The van der Waals surface area contributed by atoms with Crippen LogP contribution in [-0.4, -0.2) is 34.5 Å². The SMILES string of the molecule is Cl.O=c1[nH]c2ccccc2cc1CN1CCNCC1c1cccnc1. The molecule has 1 aliphatic rings. The molecule has 0 aliphatic carbocycles. The molecule has 25 heavy (non-hydrogen) atoms. The zero-order valence-corrected chi connectivity index (χ0v) is 14.6. The number of pyridine rings is 2. The lowest BCUT2D eigenvalue weighted by Gasteiger charge is -2.36. The Morgan fingerprint density at radius 1 is 1.20 bits per heavy atom. The molecule has 5 nitrogen and oxygen atoms in total. The predicted molar refractivity (Wildman–Crippen MR) is 102 cm³/mol. The largest absolute Gasteiger partial charge is 0.322 e. The Kier molecular flexibility index (Phi) is 5.48. The van der Waals surface area contributed by atoms with Crippen molar-refractivity contribution in [2.45, 2.75) is 12.6 Å². The van der Waals surface area contributed by atoms with Gasteiger partial charge in [0.15, 0.2) is 0 Å². The van der Waals surface area contributed by atoms with E-state index < -0.39 is 0 Å². The second-order valence-electron chi connectivity index (χ2n) is 6.19. The average molecular weight is 357 g/mol. The predicted octanol–water partition coefficient (Wildman–Crippen LogP) is 2.49. The summed E-state index contributed by atoms with van der Waals surface area (Å²) in [7, 11) is 0. The fourth-order valence-corrected chi connectivity index (χ4v) is 3.37. The van der Waals surface area contributed by atoms with Crippen molar-refractivity contribution < 1.29 is 0 Å². The van der Waals surface area contributed by atoms with Gasteiger partial charge in [-0.05, 0) is 29.1 Å². The van der Waals surface area contributed by atoms with Gasteiger partial charge >= 0.3 is 0 Å². The maximum atomic E-state index is 12.4. The molecule has 1 aromatic carbocycles. The van der Waals surface area contributed by atoms with Gasteiger partial charge in [-0.15, -0.1) is 12.4 Å². The molecule has 0 saturated carbocycles. The van der Waals surface area contributed by atoms with Gasteiger partial charge in [-0.2, -0.15) is 0 Å². The number of H-pyrrole nitrogens is 1. The molecule has 2 aromatic heterocycles. The summed E-state index contributed by atoms with van der Waals surface area (Å²) in [6.07, 6.45) is 3.70. The Morgan fingerprint density at radius 2 is 2.08 bits per heavy atom. The third kappa shape index (κ3) is 3.74. The van der Waals surface area contributed by atoms with Gasteiger partial charge in [-0.25, -0.2) is 0 Å². The van der Waals surface area contributed by atoms with Crippen molar-refractivity contribution in [3.05, 3.63) is 76.3 Å². The highest BCUT2D eigenvalue weighted by Gasteiger charge is 2.24. The summed E-state index contributed by atoms with van der Waals surface area (Å²) in [6, 6.07) is 14.2. The zero-order valence-electron chi connectivity index (χ0n) is 13.8. The Balaban J connectivity index is 0.00000182. The number of aromatic amines is 1. The molecule has 130 valence electrons. The van der Waals surface area contributed by atoms with Crippen LogP contribution in [0.15, 0.2) is 59.7 Å². The topological polar surface area (TPSA) is 61.0 Å². The van der Waals surface area contributed by atoms with Crippen LogP contribution in [-0.2, 0) is 6.54 Å². The number of nitrogens with zero attached hydrogens (tertiary/aromatic N) is 2. The van der Waals surface area contributed by atoms with Crippen LogP contribution >= 0.6 is 12.4 Å². The van der Waals surface area contributed by atoms with Crippen molar-refractivity contribution in [2.75, 3.05) is 19.6 Å². The van der Waals surface area contributed by atoms with Crippen LogP contribution in [0.4, 0.5) is 0 Å². The van der Waals surface area contributed by atoms with E-state index in [0.29, 0.717) is 6.54 Å². The van der Waals surface area contributed by atoms with Gasteiger partial charge in [0.25, 0.3) is 5.56 Å². The number of piperazine rings is 1. The lowest BCUT2D eigenvalue weighted by atomic mass is 10.0. The quantitative estimate of drug-likeness (QED) is 0.757. The molecule has 1 unspecified atom stereocenters. The maximum Gasteiger partial charge on any atom is 0.252 e. The fraction of sp³-hybridized carbons (Fsp3) is 0.263. The van der Waals surface area contributed by atoms with E-state index in [2.05, 4.69) is 26.3 Å². The molecule has 2 N–H and O–H groups in total. The van der Waals surface area contributed by atoms with Crippen molar-refractivity contribution in [3.8, 4) is 0 Å². The van der Waals surface area contributed by atoms with Crippen LogP contribution < -0.4 is 10.9 Å². The van der Waals surface area contributed by atoms with Crippen molar-refractivity contribution in [1.29, 1.82) is 0 Å². The van der Waals surface area contributed by atoms with E-state index in [4.69, 9.17) is 0 Å². The van der Waals surface area contributed by atoms with Crippen LogP contribution in [0.25, 0.3) is 10.9 Å². The Labute approximate surface area is 152 Å². The van der Waals surface area contributed by atoms with Crippen LogP contribution in [0.1, 0.15) is 17.2 Å². The molecule has 3 heterocycles. The van der Waals surface area contributed by atoms with Crippen LogP contribution in [0, 0.1) is 0 Å². The average Bonchev–Trinajstić information content (AvgIpc) is 2.63. The van der Waals surface area contributed by atoms with Crippen LogP contribution in [0.3, 0.4) is 0 Å². The first-order valence-electron chi connectivity index (χ1n) is 8.27. The zero-order chi connectivity index (χ0) is 16.4. The minimum absolute atomic E-state index is 0. The first-order chi connectivity index (χ1) is 11.8. The minimum atomic E-state index is -0.00262. The standard InChI is InChI=1S/C19H20N4O.ClH/c24-19-16(10-14-4-1-2-6-17(14)22-19)13-23-9-8-21-12-18(23)15-5-3-7-20-11-15;/h1-7,10-11,18,21H,8-9,12-13H2,(H,22,24);1H. The molecular formula is C19H21ClN4O. The Hall–Kier alpha value is -2.21. The van der Waals surface area contributed by atoms with Crippen molar-refractivity contribution in [1.82, 2.24) is 20.2 Å². The molecular weight excluding hydrogens is 336 g/mol. The number of halogens is 1. The van der Waals surface area contributed by atoms with Crippen LogP contribution in [0.5, 0.6) is 0 Å². The lowest BCUT2D eigenvalue weighted by molar-refractivity contribution is 0.153. The molecule has 1 saturated heterocycles. The summed E-state index contributed by atoms with van der Waals surface area (Å²) < 4.78 is 0. The van der Waals surface area contributed by atoms with Crippen molar-refractivity contribution in [2.24, 2.45) is 0 Å². The van der Waals surface area contributed by atoms with Crippen molar-refractivity contribution in [3.63, 3.8) is 0 Å². The number of para-hydroxylation sites is 1. The molecule has 4 rings (SSSR count). The molecule has 1 fully saturated rings. The number of fused-ring (bicyclic) bond motifs is 1. The number of benzene rings is 1. The number of hydrogen-bond donors (Lipinski definition) is 2. The summed E-state index contributed by atoms with van der Waals surface area (Å²) in [5.74, 6) is 0. The third-order valence-corrected chi connectivity index (χ3v) is 4.63. The van der Waals surface area contributed by atoms with Gasteiger partial charge in [0.1, 0.15) is 0 Å². The highest BCUT2D eigenvalue weighted by atomic mass is 35.5. The van der Waals surface area contributed by atoms with E-state index in [9.17, 15) is 4.79 Å². The minimum Gasteiger partial charge on any atom is -0.322 e. The van der Waals surface area contributed by atoms with E-state index in [1.807, 2.05) is 42.6 Å². The normalized spacial score (nSPS) is 18.0. The van der Waals surface area contributed by atoms with Gasteiger partial charge in [-0.1, -0.05) is 24.3 Å². The fourth-order valence-electron chi connectivity index (χ4n) is 3.37. The van der Waals surface area contributed by atoms with E-state index in [1.54, 1.807) is 6.20 Å². The van der Waals surface area contributed by atoms with Crippen molar-refractivity contribution >= 4 is 23.3 Å². The Morgan fingerprint density at radius 3 is 2.92 bits per heavy atom. The second-order valence-corrected chi connectivity index (χ2v) is 6.19. The number of rotatable bonds is 3. The summed E-state index contributed by atoms with van der Waals surface area (Å²) in [5, 5.41) is 4.51. The van der Waals surface area contributed by atoms with Crippen LogP contribution in [0.2, 0.25) is 0 Å². The smallest absolute Gasteiger partial charge is 0.252 e. The highest BCUT2D eigenvalue weighted by Crippen LogP contribution is 2.23. The maximum absolute atomic E-state index is 12.4. The first-order valence-corrected chi connectivity index (χ1v) is 8.27. The first kappa shape index (κ1) is 17.6. The Bertz CT molecular complexity index is 897. The van der Waals surface area contributed by atoms with E-state index in [-0.39, 0.29) is 24.0 Å². The molecule has 0 amide bonds. The van der Waals surface area contributed by atoms with Gasteiger partial charge in [0.05, 0.1) is 0 Å². The van der Waals surface area contributed by atoms with Gasteiger partial charge < -0.3 is 10.3 Å². The third-order valence-electron chi connectivity index (χ3n) is 4.63. The number of aromatic nitrogens is 2. The molecule has 0 radical (unpaired) electrons. The number of nitrogens with one attached hydrogen (secondary N) is 2. The van der Waals surface area contributed by atoms with E-state index in [1.165, 1.54) is 5.56 Å². The lowest BCUT2D eigenvalue weighted by Crippen LogP contribution is -2.46. The van der Waals surface area contributed by atoms with Gasteiger partial charge in [-0.3, -0.25) is 14.7 Å². The van der Waals surface area contributed by atoms with E-state index >= 15 is 0 Å². The van der Waals surface area contributed by atoms with E-state index in [0.717, 1.165) is 36.1 Å². The molecule has 0 bridgehead atoms. The molecule has 0 spiro atoms. The second kappa shape index (κ2) is 7.78. The summed E-state index contributed by atoms with van der Waals surface area (Å²) >= 11 is 0. The number of hydrogen-bond acceptors (Lipinski definition) is 4. The molecule has 1 aliphatic heterocycles. The summed E-state index contributed by atoms with van der Waals surface area (Å²) in [5.41, 5.74) is 2.87. The van der Waals surface area contributed by atoms with Gasteiger partial charge in [0.2, 0.25) is 0 Å². The summed E-state index contributed by atoms with van der Waals surface area (Å²) in [4.78, 5) is 22.0. The highest BCUT2D eigenvalue weighted by molar-refractivity contribution is 5.85. The molecule has 1 atom stereocenters. The molecule has 3 aromatic rings. The molecule has 6 heteroatoms. The monoisotopic (exact) mass is 356 g/mol. The summed E-state index contributed by atoms with van der Waals surface area (Å²) in [6.45, 7) is 3.35. The van der Waals surface area contributed by atoms with Gasteiger partial charge in [0, 0.05) is 55.7 Å².